The number of sulfone groups is 1. The summed E-state index contributed by atoms with van der Waals surface area (Å²) >= 11 is 0. The SMILES string of the molecule is Cc1nc(S(=O)(=O)Cc2ccccc2)nc2ccc(C(C)C)cc12. The van der Waals surface area contributed by atoms with E-state index in [-0.39, 0.29) is 10.9 Å². The van der Waals surface area contributed by atoms with Crippen LogP contribution in [0.5, 0.6) is 0 Å². The van der Waals surface area contributed by atoms with Crippen LogP contribution < -0.4 is 0 Å². The second-order valence-electron chi connectivity index (χ2n) is 6.27. The predicted octanol–water partition coefficient (Wildman–Crippen LogP) is 4.04. The topological polar surface area (TPSA) is 59.9 Å². The van der Waals surface area contributed by atoms with Gasteiger partial charge in [0.2, 0.25) is 15.0 Å². The van der Waals surface area contributed by atoms with E-state index in [4.69, 9.17) is 0 Å². The van der Waals surface area contributed by atoms with Gasteiger partial charge in [0, 0.05) is 11.1 Å². The lowest BCUT2D eigenvalue weighted by Gasteiger charge is -2.10. The Bertz CT molecular complexity index is 981. The van der Waals surface area contributed by atoms with Crippen molar-refractivity contribution in [3.63, 3.8) is 0 Å². The average Bonchev–Trinajstić information content (AvgIpc) is 2.55. The molecule has 0 bridgehead atoms. The zero-order chi connectivity index (χ0) is 17.3. The Morgan fingerprint density at radius 1 is 1.00 bits per heavy atom. The smallest absolute Gasteiger partial charge is 0.223 e. The Morgan fingerprint density at radius 3 is 2.38 bits per heavy atom. The minimum Gasteiger partial charge on any atom is -0.223 e. The number of aromatic nitrogens is 2. The molecule has 0 aliphatic rings. The van der Waals surface area contributed by atoms with Gasteiger partial charge in [0.1, 0.15) is 0 Å². The van der Waals surface area contributed by atoms with Crippen molar-refractivity contribution in [2.45, 2.75) is 37.6 Å². The van der Waals surface area contributed by atoms with E-state index in [2.05, 4.69) is 23.8 Å². The standard InChI is InChI=1S/C19H20N2O2S/c1-13(2)16-9-10-18-17(11-16)14(3)20-19(21-18)24(22,23)12-15-7-5-4-6-8-15/h4-11,13H,12H2,1-3H3. The minimum absolute atomic E-state index is 0.0944. The van der Waals surface area contributed by atoms with Gasteiger partial charge in [0.05, 0.1) is 11.3 Å². The molecular formula is C19H20N2O2S. The van der Waals surface area contributed by atoms with E-state index in [0.29, 0.717) is 17.1 Å². The molecule has 2 aromatic carbocycles. The molecule has 0 radical (unpaired) electrons. The van der Waals surface area contributed by atoms with Crippen LogP contribution >= 0.6 is 0 Å². The summed E-state index contributed by atoms with van der Waals surface area (Å²) in [4.78, 5) is 8.58. The molecule has 0 unspecified atom stereocenters. The lowest BCUT2D eigenvalue weighted by atomic mass is 10.0. The first kappa shape index (κ1) is 16.6. The number of fused-ring (bicyclic) bond motifs is 1. The van der Waals surface area contributed by atoms with Gasteiger partial charge in [-0.25, -0.2) is 18.4 Å². The van der Waals surface area contributed by atoms with E-state index in [9.17, 15) is 8.42 Å². The van der Waals surface area contributed by atoms with Gasteiger partial charge in [0.15, 0.2) is 0 Å². The molecule has 0 fully saturated rings. The summed E-state index contributed by atoms with van der Waals surface area (Å²) in [5.74, 6) is 0.304. The second-order valence-corrected chi connectivity index (χ2v) is 8.15. The monoisotopic (exact) mass is 340 g/mol. The summed E-state index contributed by atoms with van der Waals surface area (Å²) in [6.45, 7) is 6.07. The zero-order valence-electron chi connectivity index (χ0n) is 14.0. The molecule has 0 spiro atoms. The molecule has 3 aromatic rings. The number of nitrogens with zero attached hydrogens (tertiary/aromatic N) is 2. The second kappa shape index (κ2) is 6.32. The third kappa shape index (κ3) is 3.31. The molecule has 24 heavy (non-hydrogen) atoms. The minimum atomic E-state index is -3.58. The normalized spacial score (nSPS) is 12.0. The molecule has 0 aliphatic carbocycles. The molecule has 0 N–H and O–H groups in total. The summed E-state index contributed by atoms with van der Waals surface area (Å²) in [6, 6.07) is 15.0. The Labute approximate surface area is 142 Å². The van der Waals surface area contributed by atoms with Gasteiger partial charge in [-0.3, -0.25) is 0 Å². The van der Waals surface area contributed by atoms with Crippen molar-refractivity contribution in [1.29, 1.82) is 0 Å². The summed E-state index contributed by atoms with van der Waals surface area (Å²) in [5, 5.41) is 0.800. The quantitative estimate of drug-likeness (QED) is 0.673. The first-order chi connectivity index (χ1) is 11.4. The van der Waals surface area contributed by atoms with Crippen molar-refractivity contribution in [3.8, 4) is 0 Å². The molecular weight excluding hydrogens is 320 g/mol. The zero-order valence-corrected chi connectivity index (χ0v) is 14.8. The van der Waals surface area contributed by atoms with Gasteiger partial charge in [-0.05, 0) is 36.1 Å². The first-order valence-electron chi connectivity index (χ1n) is 7.92. The summed E-state index contributed by atoms with van der Waals surface area (Å²) in [7, 11) is -3.58. The molecule has 1 heterocycles. The van der Waals surface area contributed by atoms with Crippen LogP contribution in [0.1, 0.15) is 36.6 Å². The average molecular weight is 340 g/mol. The third-order valence-electron chi connectivity index (χ3n) is 4.03. The number of rotatable bonds is 4. The van der Waals surface area contributed by atoms with E-state index in [1.807, 2.05) is 43.3 Å². The molecule has 3 rings (SSSR count). The molecule has 5 heteroatoms. The predicted molar refractivity (Wildman–Crippen MR) is 95.7 cm³/mol. The fraction of sp³-hybridized carbons (Fsp3) is 0.263. The number of hydrogen-bond acceptors (Lipinski definition) is 4. The van der Waals surface area contributed by atoms with E-state index < -0.39 is 9.84 Å². The number of hydrogen-bond donors (Lipinski definition) is 0. The van der Waals surface area contributed by atoms with Crippen LogP contribution in [-0.4, -0.2) is 18.4 Å². The van der Waals surface area contributed by atoms with E-state index >= 15 is 0 Å². The molecule has 1 aromatic heterocycles. The lowest BCUT2D eigenvalue weighted by molar-refractivity contribution is 0.586. The van der Waals surface area contributed by atoms with E-state index in [1.54, 1.807) is 12.1 Å². The van der Waals surface area contributed by atoms with Crippen LogP contribution in [0.3, 0.4) is 0 Å². The maximum Gasteiger partial charge on any atom is 0.248 e. The Morgan fingerprint density at radius 2 is 1.71 bits per heavy atom. The Kier molecular flexibility index (Phi) is 4.37. The van der Waals surface area contributed by atoms with Crippen LogP contribution in [0.15, 0.2) is 53.7 Å². The molecule has 0 aliphatic heterocycles. The molecule has 0 saturated heterocycles. The van der Waals surface area contributed by atoms with E-state index in [0.717, 1.165) is 10.9 Å². The summed E-state index contributed by atoms with van der Waals surface area (Å²) in [6.07, 6.45) is 0. The highest BCUT2D eigenvalue weighted by atomic mass is 32.2. The third-order valence-corrected chi connectivity index (χ3v) is 5.49. The molecule has 0 amide bonds. The molecule has 0 saturated carbocycles. The van der Waals surface area contributed by atoms with E-state index in [1.165, 1.54) is 5.56 Å². The Hall–Kier alpha value is -2.27. The van der Waals surface area contributed by atoms with Crippen LogP contribution in [0, 0.1) is 6.92 Å². The van der Waals surface area contributed by atoms with Crippen LogP contribution in [0.4, 0.5) is 0 Å². The number of aryl methyl sites for hydroxylation is 1. The van der Waals surface area contributed by atoms with Gasteiger partial charge in [-0.2, -0.15) is 0 Å². The van der Waals surface area contributed by atoms with Crippen molar-refractivity contribution >= 4 is 20.7 Å². The van der Waals surface area contributed by atoms with Crippen molar-refractivity contribution in [3.05, 3.63) is 65.4 Å². The van der Waals surface area contributed by atoms with Crippen LogP contribution in [0.2, 0.25) is 0 Å². The van der Waals surface area contributed by atoms with Crippen molar-refractivity contribution in [1.82, 2.24) is 9.97 Å². The van der Waals surface area contributed by atoms with Gasteiger partial charge in [-0.1, -0.05) is 50.2 Å². The summed E-state index contributed by atoms with van der Waals surface area (Å²) < 4.78 is 25.3. The molecule has 124 valence electrons. The van der Waals surface area contributed by atoms with Gasteiger partial charge < -0.3 is 0 Å². The highest BCUT2D eigenvalue weighted by Crippen LogP contribution is 2.24. The highest BCUT2D eigenvalue weighted by Gasteiger charge is 2.20. The van der Waals surface area contributed by atoms with Gasteiger partial charge >= 0.3 is 0 Å². The lowest BCUT2D eigenvalue weighted by Crippen LogP contribution is -2.10. The molecule has 4 nitrogen and oxygen atoms in total. The van der Waals surface area contributed by atoms with Crippen LogP contribution in [0.25, 0.3) is 10.9 Å². The number of benzene rings is 2. The van der Waals surface area contributed by atoms with Crippen molar-refractivity contribution in [2.24, 2.45) is 0 Å². The van der Waals surface area contributed by atoms with Gasteiger partial charge in [0.25, 0.3) is 0 Å². The fourth-order valence-corrected chi connectivity index (χ4v) is 3.90. The highest BCUT2D eigenvalue weighted by molar-refractivity contribution is 7.90. The van der Waals surface area contributed by atoms with Crippen molar-refractivity contribution < 1.29 is 8.42 Å². The fourth-order valence-electron chi connectivity index (χ4n) is 2.63. The van der Waals surface area contributed by atoms with Crippen LogP contribution in [-0.2, 0) is 15.6 Å². The summed E-state index contributed by atoms with van der Waals surface area (Å²) in [5.41, 5.74) is 3.27. The maximum absolute atomic E-state index is 12.6. The first-order valence-corrected chi connectivity index (χ1v) is 9.57. The molecule has 0 atom stereocenters. The van der Waals surface area contributed by atoms with Crippen molar-refractivity contribution in [2.75, 3.05) is 0 Å². The Balaban J connectivity index is 2.05. The largest absolute Gasteiger partial charge is 0.248 e. The van der Waals surface area contributed by atoms with Gasteiger partial charge in [-0.15, -0.1) is 0 Å². The maximum atomic E-state index is 12.6.